The van der Waals surface area contributed by atoms with Crippen LogP contribution in [0.3, 0.4) is 0 Å². The van der Waals surface area contributed by atoms with Crippen LogP contribution < -0.4 is 10.0 Å². The van der Waals surface area contributed by atoms with Crippen LogP contribution in [0.1, 0.15) is 5.56 Å². The Morgan fingerprint density at radius 1 is 1.10 bits per heavy atom. The third-order valence-electron chi connectivity index (χ3n) is 4.14. The molecule has 4 rings (SSSR count). The molecule has 12 heteroatoms. The molecule has 31 heavy (non-hydrogen) atoms. The molecular formula is C19H14ClF2N5O2S2. The van der Waals surface area contributed by atoms with E-state index in [9.17, 15) is 17.2 Å². The Labute approximate surface area is 185 Å². The molecule has 0 radical (unpaired) electrons. The van der Waals surface area contributed by atoms with Crippen LogP contribution in [0.25, 0.3) is 0 Å². The lowest BCUT2D eigenvalue weighted by Gasteiger charge is -2.09. The largest absolute Gasteiger partial charge is 0.339 e. The summed E-state index contributed by atoms with van der Waals surface area (Å²) in [6.45, 7) is 0.179. The van der Waals surface area contributed by atoms with Gasteiger partial charge in [-0.1, -0.05) is 17.7 Å². The van der Waals surface area contributed by atoms with Crippen LogP contribution in [0.2, 0.25) is 5.02 Å². The molecule has 0 aliphatic rings. The number of aromatic nitrogens is 3. The van der Waals surface area contributed by atoms with E-state index >= 15 is 0 Å². The van der Waals surface area contributed by atoms with E-state index in [-0.39, 0.29) is 11.7 Å². The second kappa shape index (κ2) is 8.61. The second-order valence-electron chi connectivity index (χ2n) is 6.35. The van der Waals surface area contributed by atoms with Gasteiger partial charge in [-0.2, -0.15) is 5.10 Å². The third kappa shape index (κ3) is 5.01. The normalized spacial score (nSPS) is 11.5. The Morgan fingerprint density at radius 2 is 1.94 bits per heavy atom. The summed E-state index contributed by atoms with van der Waals surface area (Å²) in [5.74, 6) is -0.996. The first-order valence-electron chi connectivity index (χ1n) is 8.76. The minimum absolute atomic E-state index is 0.143. The number of hydrogen-bond donors (Lipinski definition) is 2. The van der Waals surface area contributed by atoms with Crippen molar-refractivity contribution in [2.45, 2.75) is 11.4 Å². The van der Waals surface area contributed by atoms with E-state index in [0.717, 1.165) is 23.5 Å². The number of sulfonamides is 1. The Bertz CT molecular complexity index is 1330. The summed E-state index contributed by atoms with van der Waals surface area (Å²) in [6, 6.07) is 9.62. The van der Waals surface area contributed by atoms with E-state index in [4.69, 9.17) is 11.6 Å². The summed E-state index contributed by atoms with van der Waals surface area (Å²) in [4.78, 5) is 3.32. The van der Waals surface area contributed by atoms with Crippen molar-refractivity contribution in [3.05, 3.63) is 82.5 Å². The molecule has 4 aromatic rings. The number of nitrogens with one attached hydrogen (secondary N) is 2. The molecule has 0 fully saturated rings. The van der Waals surface area contributed by atoms with Crippen molar-refractivity contribution in [2.24, 2.45) is 0 Å². The van der Waals surface area contributed by atoms with Crippen LogP contribution >= 0.6 is 22.9 Å². The van der Waals surface area contributed by atoms with Crippen LogP contribution in [-0.2, 0) is 16.6 Å². The van der Waals surface area contributed by atoms with Gasteiger partial charge in [-0.3, -0.25) is 9.40 Å². The van der Waals surface area contributed by atoms with Crippen molar-refractivity contribution in [1.82, 2.24) is 14.8 Å². The van der Waals surface area contributed by atoms with Crippen LogP contribution in [0.4, 0.5) is 25.4 Å². The van der Waals surface area contributed by atoms with Crippen molar-refractivity contribution in [2.75, 3.05) is 10.0 Å². The Morgan fingerprint density at radius 3 is 2.65 bits per heavy atom. The molecular weight excluding hydrogens is 468 g/mol. The fraction of sp³-hybridized carbons (Fsp3) is 0.0526. The van der Waals surface area contributed by atoms with Crippen LogP contribution in [0.5, 0.6) is 0 Å². The van der Waals surface area contributed by atoms with Gasteiger partial charge in [0.05, 0.1) is 6.54 Å². The number of nitrogens with zero attached hydrogens (tertiary/aromatic N) is 3. The fourth-order valence-electron chi connectivity index (χ4n) is 2.73. The highest BCUT2D eigenvalue weighted by molar-refractivity contribution is 7.93. The standard InChI is InChI=1S/C19H14ClF2N5O2S2/c20-13-2-1-12(15(21)9-13)11-27-7-5-18(25-27)24-14-3-4-17(16(22)10-14)31(28,29)26-19-23-6-8-30-19/h1-10H,11H2,(H,23,26)(H,24,25). The van der Waals surface area contributed by atoms with Gasteiger partial charge >= 0.3 is 0 Å². The number of thiazole rings is 1. The molecule has 2 aromatic carbocycles. The lowest BCUT2D eigenvalue weighted by molar-refractivity contribution is 0.570. The third-order valence-corrected chi connectivity index (χ3v) is 6.56. The van der Waals surface area contributed by atoms with Crippen molar-refractivity contribution < 1.29 is 17.2 Å². The molecule has 0 saturated heterocycles. The summed E-state index contributed by atoms with van der Waals surface area (Å²) in [6.07, 6.45) is 3.07. The zero-order chi connectivity index (χ0) is 22.0. The fourth-order valence-corrected chi connectivity index (χ4v) is 4.74. The van der Waals surface area contributed by atoms with Gasteiger partial charge in [-0.25, -0.2) is 22.2 Å². The monoisotopic (exact) mass is 481 g/mol. The lowest BCUT2D eigenvalue weighted by atomic mass is 10.2. The van der Waals surface area contributed by atoms with Crippen LogP contribution in [0.15, 0.2) is 65.1 Å². The molecule has 7 nitrogen and oxygen atoms in total. The van der Waals surface area contributed by atoms with Crippen LogP contribution in [-0.4, -0.2) is 23.2 Å². The Hall–Kier alpha value is -3.02. The smallest absolute Gasteiger partial charge is 0.266 e. The summed E-state index contributed by atoms with van der Waals surface area (Å²) >= 11 is 6.84. The summed E-state index contributed by atoms with van der Waals surface area (Å²) in [5.41, 5.74) is 0.709. The lowest BCUT2D eigenvalue weighted by Crippen LogP contribution is -2.14. The summed E-state index contributed by atoms with van der Waals surface area (Å²) in [5, 5.41) is 9.19. The van der Waals surface area contributed by atoms with E-state index in [1.807, 2.05) is 0 Å². The van der Waals surface area contributed by atoms with Gasteiger partial charge in [0.1, 0.15) is 16.5 Å². The van der Waals surface area contributed by atoms with Crippen molar-refractivity contribution in [3.8, 4) is 0 Å². The van der Waals surface area contributed by atoms with Crippen molar-refractivity contribution >= 4 is 49.6 Å². The van der Waals surface area contributed by atoms with Gasteiger partial charge in [-0.15, -0.1) is 11.3 Å². The first-order chi connectivity index (χ1) is 14.8. The number of rotatable bonds is 7. The molecule has 0 amide bonds. The molecule has 0 aliphatic carbocycles. The van der Waals surface area contributed by atoms with Crippen molar-refractivity contribution in [3.63, 3.8) is 0 Å². The maximum atomic E-state index is 14.5. The highest BCUT2D eigenvalue weighted by atomic mass is 35.5. The first kappa shape index (κ1) is 21.2. The topological polar surface area (TPSA) is 88.9 Å². The van der Waals surface area contributed by atoms with Gasteiger partial charge in [0.2, 0.25) is 0 Å². The highest BCUT2D eigenvalue weighted by Crippen LogP contribution is 2.24. The molecule has 0 spiro atoms. The van der Waals surface area contributed by atoms with Crippen LogP contribution in [0, 0.1) is 11.6 Å². The number of anilines is 3. The summed E-state index contributed by atoms with van der Waals surface area (Å²) < 4.78 is 56.9. The van der Waals surface area contributed by atoms with Gasteiger partial charge in [-0.05, 0) is 30.3 Å². The Kier molecular flexibility index (Phi) is 5.90. The molecule has 0 saturated carbocycles. The predicted octanol–water partition coefficient (Wildman–Crippen LogP) is 4.86. The molecule has 0 atom stereocenters. The van der Waals surface area contributed by atoms with E-state index in [1.165, 1.54) is 23.0 Å². The van der Waals surface area contributed by atoms with E-state index in [1.54, 1.807) is 29.8 Å². The zero-order valence-electron chi connectivity index (χ0n) is 15.6. The zero-order valence-corrected chi connectivity index (χ0v) is 18.0. The summed E-state index contributed by atoms with van der Waals surface area (Å²) in [7, 11) is -4.11. The predicted molar refractivity (Wildman–Crippen MR) is 115 cm³/mol. The molecule has 2 N–H and O–H groups in total. The molecule has 160 valence electrons. The van der Waals surface area contributed by atoms with E-state index < -0.39 is 26.6 Å². The second-order valence-corrected chi connectivity index (χ2v) is 9.33. The SMILES string of the molecule is O=S(=O)(Nc1nccs1)c1ccc(Nc2ccn(Cc3ccc(Cl)cc3F)n2)cc1F. The maximum absolute atomic E-state index is 14.5. The number of hydrogen-bond acceptors (Lipinski definition) is 6. The minimum Gasteiger partial charge on any atom is -0.339 e. The highest BCUT2D eigenvalue weighted by Gasteiger charge is 2.20. The molecule has 0 aliphatic heterocycles. The number of benzene rings is 2. The first-order valence-corrected chi connectivity index (χ1v) is 11.5. The average molecular weight is 482 g/mol. The average Bonchev–Trinajstić information content (AvgIpc) is 3.35. The van der Waals surface area contributed by atoms with Gasteiger partial charge < -0.3 is 5.32 Å². The number of halogens is 3. The van der Waals surface area contributed by atoms with Gasteiger partial charge in [0.25, 0.3) is 10.0 Å². The molecule has 0 bridgehead atoms. The molecule has 2 aromatic heterocycles. The Balaban J connectivity index is 1.47. The van der Waals surface area contributed by atoms with Crippen molar-refractivity contribution in [1.29, 1.82) is 0 Å². The van der Waals surface area contributed by atoms with Gasteiger partial charge in [0, 0.05) is 40.1 Å². The quantitative estimate of drug-likeness (QED) is 0.393. The minimum atomic E-state index is -4.11. The van der Waals surface area contributed by atoms with Gasteiger partial charge in [0.15, 0.2) is 10.9 Å². The molecule has 2 heterocycles. The maximum Gasteiger partial charge on any atom is 0.266 e. The van der Waals surface area contributed by atoms with E-state index in [0.29, 0.717) is 22.1 Å². The molecule has 0 unspecified atom stereocenters. The van der Waals surface area contributed by atoms with E-state index in [2.05, 4.69) is 20.1 Å².